The number of hydrogen-bond acceptors (Lipinski definition) is 3. The second-order valence-electron chi connectivity index (χ2n) is 6.49. The van der Waals surface area contributed by atoms with Crippen LogP contribution >= 0.6 is 11.6 Å². The number of fused-ring (bicyclic) bond motifs is 1. The Bertz CT molecular complexity index is 829. The van der Waals surface area contributed by atoms with Gasteiger partial charge in [-0.25, -0.2) is 0 Å². The van der Waals surface area contributed by atoms with Crippen molar-refractivity contribution >= 4 is 29.3 Å². The Kier molecular flexibility index (Phi) is 5.91. The highest BCUT2D eigenvalue weighted by atomic mass is 35.5. The Morgan fingerprint density at radius 3 is 2.19 bits per heavy atom. The van der Waals surface area contributed by atoms with Gasteiger partial charge in [0, 0.05) is 18.0 Å². The summed E-state index contributed by atoms with van der Waals surface area (Å²) in [5.41, 5.74) is 1.86. The molecule has 3 amide bonds. The standard InChI is InChI=1S/C21H21ClN2O3/c1-2-18(14-9-11-15(22)12-10-14)23-19(25)8-5-13-24-20(26)16-6-3-4-7-17(16)21(24)27/h3-4,6-7,9-12,18H,2,5,8,13H2,1H3,(H,23,25). The minimum absolute atomic E-state index is 0.0888. The highest BCUT2D eigenvalue weighted by molar-refractivity contribution is 6.30. The van der Waals surface area contributed by atoms with Crippen molar-refractivity contribution in [2.24, 2.45) is 0 Å². The molecule has 0 fully saturated rings. The summed E-state index contributed by atoms with van der Waals surface area (Å²) in [7, 11) is 0. The number of nitrogens with zero attached hydrogens (tertiary/aromatic N) is 1. The van der Waals surface area contributed by atoms with Crippen LogP contribution in [0.3, 0.4) is 0 Å². The zero-order chi connectivity index (χ0) is 19.4. The molecule has 1 unspecified atom stereocenters. The van der Waals surface area contributed by atoms with Gasteiger partial charge in [-0.2, -0.15) is 0 Å². The third-order valence-electron chi connectivity index (χ3n) is 4.68. The normalized spacial score (nSPS) is 14.2. The molecule has 0 saturated carbocycles. The van der Waals surface area contributed by atoms with Gasteiger partial charge in [-0.1, -0.05) is 42.8 Å². The lowest BCUT2D eigenvalue weighted by Gasteiger charge is -2.18. The maximum atomic E-state index is 12.3. The summed E-state index contributed by atoms with van der Waals surface area (Å²) >= 11 is 5.91. The lowest BCUT2D eigenvalue weighted by atomic mass is 10.0. The van der Waals surface area contributed by atoms with Crippen LogP contribution in [-0.2, 0) is 4.79 Å². The van der Waals surface area contributed by atoms with Crippen molar-refractivity contribution in [3.05, 3.63) is 70.2 Å². The number of amides is 3. The van der Waals surface area contributed by atoms with Crippen LogP contribution < -0.4 is 5.32 Å². The van der Waals surface area contributed by atoms with Crippen LogP contribution in [-0.4, -0.2) is 29.2 Å². The Morgan fingerprint density at radius 2 is 1.63 bits per heavy atom. The Labute approximate surface area is 163 Å². The van der Waals surface area contributed by atoms with Crippen molar-refractivity contribution < 1.29 is 14.4 Å². The van der Waals surface area contributed by atoms with E-state index < -0.39 is 0 Å². The molecule has 5 nitrogen and oxygen atoms in total. The van der Waals surface area contributed by atoms with Gasteiger partial charge in [0.05, 0.1) is 17.2 Å². The van der Waals surface area contributed by atoms with E-state index in [-0.39, 0.29) is 36.7 Å². The first-order valence-electron chi connectivity index (χ1n) is 9.01. The number of imide groups is 1. The fraction of sp³-hybridized carbons (Fsp3) is 0.286. The highest BCUT2D eigenvalue weighted by Crippen LogP contribution is 2.23. The number of halogens is 1. The van der Waals surface area contributed by atoms with Crippen molar-refractivity contribution in [2.45, 2.75) is 32.2 Å². The lowest BCUT2D eigenvalue weighted by molar-refractivity contribution is -0.122. The number of rotatable bonds is 7. The Balaban J connectivity index is 1.52. The molecule has 1 N–H and O–H groups in total. The molecular weight excluding hydrogens is 364 g/mol. The van der Waals surface area contributed by atoms with Crippen molar-refractivity contribution in [1.82, 2.24) is 10.2 Å². The second kappa shape index (κ2) is 8.35. The predicted molar refractivity (Wildman–Crippen MR) is 104 cm³/mol. The summed E-state index contributed by atoms with van der Waals surface area (Å²) in [6, 6.07) is 14.1. The maximum absolute atomic E-state index is 12.3. The summed E-state index contributed by atoms with van der Waals surface area (Å²) in [5, 5.41) is 3.65. The number of benzene rings is 2. The summed E-state index contributed by atoms with van der Waals surface area (Å²) < 4.78 is 0. The molecule has 2 aromatic rings. The second-order valence-corrected chi connectivity index (χ2v) is 6.93. The van der Waals surface area contributed by atoms with Crippen molar-refractivity contribution in [3.8, 4) is 0 Å². The van der Waals surface area contributed by atoms with Crippen LogP contribution in [0.1, 0.15) is 58.5 Å². The molecular formula is C21H21ClN2O3. The number of carbonyl (C=O) groups is 3. The SMILES string of the molecule is CCC(NC(=O)CCCN1C(=O)c2ccccc2C1=O)c1ccc(Cl)cc1. The molecule has 3 rings (SSSR count). The molecule has 0 aromatic heterocycles. The van der Waals surface area contributed by atoms with Gasteiger partial charge in [-0.15, -0.1) is 0 Å². The van der Waals surface area contributed by atoms with E-state index in [1.165, 1.54) is 4.90 Å². The average Bonchev–Trinajstić information content (AvgIpc) is 2.92. The zero-order valence-corrected chi connectivity index (χ0v) is 15.8. The number of nitrogens with one attached hydrogen (secondary N) is 1. The molecule has 1 aliphatic heterocycles. The van der Waals surface area contributed by atoms with Gasteiger partial charge in [0.2, 0.25) is 5.91 Å². The van der Waals surface area contributed by atoms with Gasteiger partial charge in [0.25, 0.3) is 11.8 Å². The minimum atomic E-state index is -0.288. The van der Waals surface area contributed by atoms with Crippen LogP contribution in [0.5, 0.6) is 0 Å². The van der Waals surface area contributed by atoms with Gasteiger partial charge in [0.15, 0.2) is 0 Å². The van der Waals surface area contributed by atoms with Gasteiger partial charge in [-0.05, 0) is 42.7 Å². The summed E-state index contributed by atoms with van der Waals surface area (Å²) in [6.07, 6.45) is 1.43. The van der Waals surface area contributed by atoms with E-state index in [0.717, 1.165) is 12.0 Å². The Hall–Kier alpha value is -2.66. The summed E-state index contributed by atoms with van der Waals surface area (Å²) in [6.45, 7) is 2.23. The first kappa shape index (κ1) is 19.1. The molecule has 0 spiro atoms. The quantitative estimate of drug-likeness (QED) is 0.734. The summed E-state index contributed by atoms with van der Waals surface area (Å²) in [4.78, 5) is 38.1. The molecule has 0 aliphatic carbocycles. The van der Waals surface area contributed by atoms with E-state index in [1.807, 2.05) is 19.1 Å². The van der Waals surface area contributed by atoms with Crippen molar-refractivity contribution in [3.63, 3.8) is 0 Å². The van der Waals surface area contributed by atoms with E-state index in [2.05, 4.69) is 5.32 Å². The first-order chi connectivity index (χ1) is 13.0. The summed E-state index contributed by atoms with van der Waals surface area (Å²) in [5.74, 6) is -0.680. The largest absolute Gasteiger partial charge is 0.349 e. The zero-order valence-electron chi connectivity index (χ0n) is 15.1. The maximum Gasteiger partial charge on any atom is 0.261 e. The molecule has 1 aliphatic rings. The Morgan fingerprint density at radius 1 is 1.04 bits per heavy atom. The van der Waals surface area contributed by atoms with Crippen molar-refractivity contribution in [1.29, 1.82) is 0 Å². The smallest absolute Gasteiger partial charge is 0.261 e. The third-order valence-corrected chi connectivity index (χ3v) is 4.93. The van der Waals surface area contributed by atoms with Crippen LogP contribution in [0.4, 0.5) is 0 Å². The van der Waals surface area contributed by atoms with Crippen LogP contribution in [0.25, 0.3) is 0 Å². The molecule has 0 bridgehead atoms. The fourth-order valence-corrected chi connectivity index (χ4v) is 3.35. The predicted octanol–water partition coefficient (Wildman–Crippen LogP) is 3.98. The van der Waals surface area contributed by atoms with Crippen LogP contribution in [0.15, 0.2) is 48.5 Å². The fourth-order valence-electron chi connectivity index (χ4n) is 3.22. The molecule has 0 radical (unpaired) electrons. The number of hydrogen-bond donors (Lipinski definition) is 1. The molecule has 6 heteroatoms. The van der Waals surface area contributed by atoms with Crippen molar-refractivity contribution in [2.75, 3.05) is 6.54 Å². The van der Waals surface area contributed by atoms with E-state index in [9.17, 15) is 14.4 Å². The minimum Gasteiger partial charge on any atom is -0.349 e. The lowest BCUT2D eigenvalue weighted by Crippen LogP contribution is -2.32. The van der Waals surface area contributed by atoms with E-state index in [4.69, 9.17) is 11.6 Å². The highest BCUT2D eigenvalue weighted by Gasteiger charge is 2.34. The third kappa shape index (κ3) is 4.19. The monoisotopic (exact) mass is 384 g/mol. The number of carbonyl (C=O) groups excluding carboxylic acids is 3. The average molecular weight is 385 g/mol. The molecule has 0 saturated heterocycles. The first-order valence-corrected chi connectivity index (χ1v) is 9.39. The van der Waals surface area contributed by atoms with Gasteiger partial charge in [0.1, 0.15) is 0 Å². The van der Waals surface area contributed by atoms with E-state index >= 15 is 0 Å². The van der Waals surface area contributed by atoms with Gasteiger partial charge < -0.3 is 5.32 Å². The molecule has 1 heterocycles. The van der Waals surface area contributed by atoms with Gasteiger partial charge in [-0.3, -0.25) is 19.3 Å². The van der Waals surface area contributed by atoms with E-state index in [1.54, 1.807) is 36.4 Å². The van der Waals surface area contributed by atoms with Crippen LogP contribution in [0, 0.1) is 0 Å². The topological polar surface area (TPSA) is 66.5 Å². The molecule has 140 valence electrons. The molecule has 27 heavy (non-hydrogen) atoms. The van der Waals surface area contributed by atoms with Crippen LogP contribution in [0.2, 0.25) is 5.02 Å². The molecule has 2 aromatic carbocycles. The van der Waals surface area contributed by atoms with Gasteiger partial charge >= 0.3 is 0 Å². The molecule has 1 atom stereocenters. The van der Waals surface area contributed by atoms with E-state index in [0.29, 0.717) is 22.6 Å².